The quantitative estimate of drug-likeness (QED) is 0.878. The summed E-state index contributed by atoms with van der Waals surface area (Å²) in [5, 5.41) is 3.64. The van der Waals surface area contributed by atoms with Crippen molar-refractivity contribution in [2.45, 2.75) is 19.5 Å². The number of likely N-dealkylation sites (N-methyl/N-ethyl adjacent to an activating group) is 1. The number of aromatic nitrogens is 1. The van der Waals surface area contributed by atoms with Crippen LogP contribution >= 0.6 is 11.3 Å². The zero-order valence-corrected chi connectivity index (χ0v) is 12.6. The number of benzene rings is 1. The zero-order valence-electron chi connectivity index (χ0n) is 11.8. The van der Waals surface area contributed by atoms with Gasteiger partial charge in [0.15, 0.2) is 0 Å². The lowest BCUT2D eigenvalue weighted by Gasteiger charge is -2.22. The first-order valence-electron chi connectivity index (χ1n) is 6.49. The molecule has 0 aliphatic heterocycles. The van der Waals surface area contributed by atoms with E-state index in [0.29, 0.717) is 6.04 Å². The molecule has 1 aromatic heterocycles. The molecule has 0 spiro atoms. The topological polar surface area (TPSA) is 28.2 Å². The molecular weight excluding hydrogens is 254 g/mol. The fourth-order valence-corrected chi connectivity index (χ4v) is 2.78. The van der Waals surface area contributed by atoms with Crippen molar-refractivity contribution in [3.8, 4) is 0 Å². The van der Waals surface area contributed by atoms with Gasteiger partial charge in [-0.15, -0.1) is 11.3 Å². The molecule has 19 heavy (non-hydrogen) atoms. The Morgan fingerprint density at radius 2 is 2.00 bits per heavy atom. The van der Waals surface area contributed by atoms with Crippen LogP contribution in [0.3, 0.4) is 0 Å². The van der Waals surface area contributed by atoms with Crippen molar-refractivity contribution < 1.29 is 0 Å². The van der Waals surface area contributed by atoms with Crippen LogP contribution in [-0.4, -0.2) is 30.5 Å². The summed E-state index contributed by atoms with van der Waals surface area (Å²) in [6, 6.07) is 11.0. The lowest BCUT2D eigenvalue weighted by Crippen LogP contribution is -2.30. The Labute approximate surface area is 119 Å². The summed E-state index contributed by atoms with van der Waals surface area (Å²) in [6.45, 7) is 3.93. The second-order valence-electron chi connectivity index (χ2n) is 4.97. The number of rotatable bonds is 6. The molecule has 0 amide bonds. The Kier molecular flexibility index (Phi) is 5.07. The minimum Gasteiger partial charge on any atom is -0.308 e. The van der Waals surface area contributed by atoms with Crippen molar-refractivity contribution >= 4 is 11.3 Å². The van der Waals surface area contributed by atoms with Crippen LogP contribution in [0.5, 0.6) is 0 Å². The van der Waals surface area contributed by atoms with Gasteiger partial charge >= 0.3 is 0 Å². The van der Waals surface area contributed by atoms with Crippen LogP contribution in [0.2, 0.25) is 0 Å². The Bertz CT molecular complexity index is 493. The lowest BCUT2D eigenvalue weighted by atomic mass is 10.1. The van der Waals surface area contributed by atoms with Crippen molar-refractivity contribution in [1.82, 2.24) is 15.2 Å². The first-order chi connectivity index (χ1) is 9.16. The summed E-state index contributed by atoms with van der Waals surface area (Å²) in [6.07, 6.45) is 0. The molecule has 4 heteroatoms. The average molecular weight is 275 g/mol. The van der Waals surface area contributed by atoms with Gasteiger partial charge in [-0.1, -0.05) is 30.3 Å². The van der Waals surface area contributed by atoms with Crippen molar-refractivity contribution in [3.63, 3.8) is 0 Å². The van der Waals surface area contributed by atoms with Gasteiger partial charge in [-0.25, -0.2) is 4.98 Å². The van der Waals surface area contributed by atoms with Gasteiger partial charge in [0.05, 0.1) is 11.2 Å². The standard InChI is InChI=1S/C15H21N3S/c1-12-15(19-11-17-12)9-16-14(10-18(2)3)13-7-5-4-6-8-13/h4-8,11,14,16H,9-10H2,1-3H3. The third-order valence-corrected chi connectivity index (χ3v) is 4.04. The van der Waals surface area contributed by atoms with Gasteiger partial charge in [-0.05, 0) is 26.6 Å². The number of nitrogens with one attached hydrogen (secondary N) is 1. The highest BCUT2D eigenvalue weighted by atomic mass is 32.1. The molecule has 0 aliphatic carbocycles. The molecule has 2 rings (SSSR count). The van der Waals surface area contributed by atoms with Crippen LogP contribution < -0.4 is 5.32 Å². The molecule has 1 atom stereocenters. The smallest absolute Gasteiger partial charge is 0.0798 e. The van der Waals surface area contributed by atoms with Crippen LogP contribution in [0, 0.1) is 6.92 Å². The molecule has 1 unspecified atom stereocenters. The first kappa shape index (κ1) is 14.2. The maximum atomic E-state index is 4.30. The summed E-state index contributed by atoms with van der Waals surface area (Å²) < 4.78 is 0. The maximum Gasteiger partial charge on any atom is 0.0798 e. The molecule has 0 saturated heterocycles. The van der Waals surface area contributed by atoms with Crippen molar-refractivity contribution in [3.05, 3.63) is 52.0 Å². The Morgan fingerprint density at radius 1 is 1.26 bits per heavy atom. The summed E-state index contributed by atoms with van der Waals surface area (Å²) >= 11 is 1.72. The van der Waals surface area contributed by atoms with E-state index in [1.54, 1.807) is 11.3 Å². The largest absolute Gasteiger partial charge is 0.308 e. The maximum absolute atomic E-state index is 4.30. The van der Waals surface area contributed by atoms with Crippen LogP contribution in [0.1, 0.15) is 22.2 Å². The number of nitrogens with zero attached hydrogens (tertiary/aromatic N) is 2. The third kappa shape index (κ3) is 4.13. The second kappa shape index (κ2) is 6.80. The molecule has 0 saturated carbocycles. The number of aryl methyl sites for hydroxylation is 1. The third-order valence-electron chi connectivity index (χ3n) is 3.10. The van der Waals surface area contributed by atoms with E-state index in [2.05, 4.69) is 66.6 Å². The molecule has 0 aliphatic rings. The molecule has 0 radical (unpaired) electrons. The summed E-state index contributed by atoms with van der Waals surface area (Å²) in [5.74, 6) is 0. The molecule has 1 heterocycles. The second-order valence-corrected chi connectivity index (χ2v) is 5.91. The van der Waals surface area contributed by atoms with E-state index >= 15 is 0 Å². The van der Waals surface area contributed by atoms with Gasteiger partial charge in [-0.2, -0.15) is 0 Å². The molecule has 3 nitrogen and oxygen atoms in total. The van der Waals surface area contributed by atoms with Gasteiger partial charge in [0.25, 0.3) is 0 Å². The Balaban J connectivity index is 2.04. The molecule has 1 N–H and O–H groups in total. The highest BCUT2D eigenvalue weighted by Crippen LogP contribution is 2.17. The monoisotopic (exact) mass is 275 g/mol. The molecule has 0 fully saturated rings. The number of hydrogen-bond donors (Lipinski definition) is 1. The van der Waals surface area contributed by atoms with Gasteiger partial charge < -0.3 is 10.2 Å². The fourth-order valence-electron chi connectivity index (χ4n) is 2.05. The van der Waals surface area contributed by atoms with Crippen molar-refractivity contribution in [2.75, 3.05) is 20.6 Å². The molecule has 102 valence electrons. The van der Waals surface area contributed by atoms with Crippen molar-refractivity contribution in [1.29, 1.82) is 0 Å². The lowest BCUT2D eigenvalue weighted by molar-refractivity contribution is 0.341. The average Bonchev–Trinajstić information content (AvgIpc) is 2.81. The highest BCUT2D eigenvalue weighted by Gasteiger charge is 2.12. The minimum absolute atomic E-state index is 0.345. The minimum atomic E-state index is 0.345. The highest BCUT2D eigenvalue weighted by molar-refractivity contribution is 7.09. The molecular formula is C15H21N3S. The zero-order chi connectivity index (χ0) is 13.7. The molecule has 0 bridgehead atoms. The predicted octanol–water partition coefficient (Wildman–Crippen LogP) is 2.84. The summed E-state index contributed by atoms with van der Waals surface area (Å²) in [4.78, 5) is 7.83. The van der Waals surface area contributed by atoms with Crippen molar-refractivity contribution in [2.24, 2.45) is 0 Å². The summed E-state index contributed by atoms with van der Waals surface area (Å²) in [7, 11) is 4.21. The first-order valence-corrected chi connectivity index (χ1v) is 7.37. The van der Waals surface area contributed by atoms with Crippen LogP contribution in [0.25, 0.3) is 0 Å². The fraction of sp³-hybridized carbons (Fsp3) is 0.400. The van der Waals surface area contributed by atoms with Crippen LogP contribution in [0.4, 0.5) is 0 Å². The molecule has 1 aromatic carbocycles. The van der Waals surface area contributed by atoms with E-state index in [1.165, 1.54) is 10.4 Å². The van der Waals surface area contributed by atoms with E-state index in [-0.39, 0.29) is 0 Å². The van der Waals surface area contributed by atoms with E-state index in [0.717, 1.165) is 18.8 Å². The molecule has 2 aromatic rings. The Hall–Kier alpha value is -1.23. The van der Waals surface area contributed by atoms with Crippen LogP contribution in [-0.2, 0) is 6.54 Å². The van der Waals surface area contributed by atoms with E-state index in [9.17, 15) is 0 Å². The normalized spacial score (nSPS) is 12.8. The van der Waals surface area contributed by atoms with Gasteiger partial charge in [0.2, 0.25) is 0 Å². The van der Waals surface area contributed by atoms with E-state index in [1.807, 2.05) is 5.51 Å². The van der Waals surface area contributed by atoms with Gasteiger partial charge in [0, 0.05) is 24.0 Å². The predicted molar refractivity (Wildman–Crippen MR) is 81.4 cm³/mol. The van der Waals surface area contributed by atoms with E-state index in [4.69, 9.17) is 0 Å². The van der Waals surface area contributed by atoms with E-state index < -0.39 is 0 Å². The van der Waals surface area contributed by atoms with Crippen LogP contribution in [0.15, 0.2) is 35.8 Å². The van der Waals surface area contributed by atoms with Gasteiger partial charge in [-0.3, -0.25) is 0 Å². The number of thiazole rings is 1. The Morgan fingerprint density at radius 3 is 2.58 bits per heavy atom. The van der Waals surface area contributed by atoms with Gasteiger partial charge in [0.1, 0.15) is 0 Å². The number of hydrogen-bond acceptors (Lipinski definition) is 4. The summed E-state index contributed by atoms with van der Waals surface area (Å²) in [5.41, 5.74) is 4.38. The SMILES string of the molecule is Cc1ncsc1CNC(CN(C)C)c1ccccc1.